The van der Waals surface area contributed by atoms with Crippen molar-refractivity contribution in [3.05, 3.63) is 87.8 Å². The first-order valence-electron chi connectivity index (χ1n) is 10.4. The number of carbonyl (C=O) groups is 1. The lowest BCUT2D eigenvalue weighted by atomic mass is 10.2. The first-order valence-corrected chi connectivity index (χ1v) is 12.2. The van der Waals surface area contributed by atoms with Crippen LogP contribution in [0, 0.1) is 6.92 Å². The van der Waals surface area contributed by atoms with Crippen LogP contribution < -0.4 is 15.3 Å². The summed E-state index contributed by atoms with van der Waals surface area (Å²) in [6.07, 6.45) is 0. The first-order chi connectivity index (χ1) is 16.1. The number of sulfonamides is 1. The quantitative estimate of drug-likeness (QED) is 0.439. The van der Waals surface area contributed by atoms with E-state index in [0.29, 0.717) is 16.7 Å². The predicted octanol–water partition coefficient (Wildman–Crippen LogP) is 3.67. The van der Waals surface area contributed by atoms with Crippen molar-refractivity contribution in [2.24, 2.45) is 14.1 Å². The molecule has 0 saturated carbocycles. The minimum atomic E-state index is -4.09. The van der Waals surface area contributed by atoms with Crippen LogP contribution in [0.5, 0.6) is 0 Å². The maximum absolute atomic E-state index is 13.5. The second-order valence-electron chi connectivity index (χ2n) is 7.93. The van der Waals surface area contributed by atoms with Gasteiger partial charge in [-0.05, 0) is 49.4 Å². The molecule has 0 atom stereocenters. The molecule has 0 bridgehead atoms. The number of halogens is 1. The Morgan fingerprint density at radius 1 is 0.971 bits per heavy atom. The fourth-order valence-corrected chi connectivity index (χ4v) is 5.43. The number of para-hydroxylation sites is 1. The van der Waals surface area contributed by atoms with Crippen LogP contribution in [-0.2, 0) is 28.9 Å². The number of aromatic nitrogens is 2. The molecule has 0 fully saturated rings. The zero-order valence-corrected chi connectivity index (χ0v) is 20.4. The summed E-state index contributed by atoms with van der Waals surface area (Å²) in [5, 5.41) is 2.93. The summed E-state index contributed by atoms with van der Waals surface area (Å²) in [6.45, 7) is 1.36. The molecule has 0 aliphatic heterocycles. The zero-order chi connectivity index (χ0) is 24.6. The van der Waals surface area contributed by atoms with Gasteiger partial charge >= 0.3 is 5.69 Å². The van der Waals surface area contributed by atoms with Gasteiger partial charge < -0.3 is 5.32 Å². The van der Waals surface area contributed by atoms with Gasteiger partial charge in [0.1, 0.15) is 6.54 Å². The molecule has 4 aromatic rings. The van der Waals surface area contributed by atoms with E-state index in [1.54, 1.807) is 68.7 Å². The molecule has 1 N–H and O–H groups in total. The smallest absolute Gasteiger partial charge is 0.324 e. The molecule has 0 radical (unpaired) electrons. The van der Waals surface area contributed by atoms with E-state index in [0.717, 1.165) is 9.87 Å². The lowest BCUT2D eigenvalue weighted by Gasteiger charge is -2.25. The van der Waals surface area contributed by atoms with Gasteiger partial charge in [-0.2, -0.15) is 0 Å². The van der Waals surface area contributed by atoms with E-state index in [-0.39, 0.29) is 21.3 Å². The number of imidazole rings is 1. The highest BCUT2D eigenvalue weighted by Crippen LogP contribution is 2.30. The Morgan fingerprint density at radius 3 is 2.29 bits per heavy atom. The highest BCUT2D eigenvalue weighted by Gasteiger charge is 2.28. The Hall–Kier alpha value is -3.56. The van der Waals surface area contributed by atoms with Gasteiger partial charge in [0.05, 0.1) is 26.6 Å². The van der Waals surface area contributed by atoms with E-state index in [4.69, 9.17) is 11.6 Å². The Labute approximate surface area is 202 Å². The van der Waals surface area contributed by atoms with Crippen molar-refractivity contribution < 1.29 is 13.2 Å². The largest absolute Gasteiger partial charge is 0.328 e. The lowest BCUT2D eigenvalue weighted by molar-refractivity contribution is -0.114. The molecule has 0 saturated heterocycles. The molecular formula is C24H23ClN4O4S. The molecule has 3 aromatic carbocycles. The SMILES string of the molecule is Cc1ccc(S(=O)(=O)N(CC(=O)Nc2ccc3c(c2)n(C)c(=O)n3C)c2ccccc2Cl)cc1. The van der Waals surface area contributed by atoms with Crippen LogP contribution in [0.2, 0.25) is 5.02 Å². The Bertz CT molecular complexity index is 1560. The molecule has 0 unspecified atom stereocenters. The fraction of sp³-hybridized carbons (Fsp3) is 0.167. The molecule has 1 aromatic heterocycles. The second kappa shape index (κ2) is 9.00. The summed E-state index contributed by atoms with van der Waals surface area (Å²) in [5.41, 5.74) is 2.70. The van der Waals surface area contributed by atoms with E-state index in [1.807, 2.05) is 6.92 Å². The summed E-state index contributed by atoms with van der Waals surface area (Å²) in [4.78, 5) is 25.2. The van der Waals surface area contributed by atoms with Crippen molar-refractivity contribution in [3.63, 3.8) is 0 Å². The Morgan fingerprint density at radius 2 is 1.62 bits per heavy atom. The van der Waals surface area contributed by atoms with Gasteiger partial charge in [-0.1, -0.05) is 41.4 Å². The van der Waals surface area contributed by atoms with E-state index in [9.17, 15) is 18.0 Å². The van der Waals surface area contributed by atoms with Crippen LogP contribution in [0.3, 0.4) is 0 Å². The van der Waals surface area contributed by atoms with Crippen LogP contribution in [0.1, 0.15) is 5.56 Å². The molecule has 34 heavy (non-hydrogen) atoms. The lowest BCUT2D eigenvalue weighted by Crippen LogP contribution is -2.38. The van der Waals surface area contributed by atoms with Gasteiger partial charge in [0.15, 0.2) is 0 Å². The third kappa shape index (κ3) is 4.32. The van der Waals surface area contributed by atoms with Crippen molar-refractivity contribution in [2.75, 3.05) is 16.2 Å². The standard InChI is InChI=1S/C24H23ClN4O4S/c1-16-8-11-18(12-9-16)34(32,33)29(20-7-5-4-6-19(20)25)15-23(30)26-17-10-13-21-22(14-17)28(3)24(31)27(21)2/h4-14H,15H2,1-3H3,(H,26,30). The molecule has 4 rings (SSSR count). The van der Waals surface area contributed by atoms with Gasteiger partial charge in [0, 0.05) is 19.8 Å². The maximum atomic E-state index is 13.5. The van der Waals surface area contributed by atoms with Gasteiger partial charge in [-0.25, -0.2) is 13.2 Å². The number of carbonyl (C=O) groups excluding carboxylic acids is 1. The number of amides is 1. The molecule has 0 aliphatic carbocycles. The van der Waals surface area contributed by atoms with Crippen LogP contribution in [0.4, 0.5) is 11.4 Å². The van der Waals surface area contributed by atoms with Gasteiger partial charge in [-0.3, -0.25) is 18.2 Å². The summed E-state index contributed by atoms with van der Waals surface area (Å²) < 4.78 is 31.0. The third-order valence-corrected chi connectivity index (χ3v) is 7.67. The van der Waals surface area contributed by atoms with Crippen molar-refractivity contribution in [2.45, 2.75) is 11.8 Å². The van der Waals surface area contributed by atoms with Crippen molar-refractivity contribution >= 4 is 49.9 Å². The molecule has 0 spiro atoms. The zero-order valence-electron chi connectivity index (χ0n) is 18.8. The minimum Gasteiger partial charge on any atom is -0.324 e. The predicted molar refractivity (Wildman–Crippen MR) is 134 cm³/mol. The molecule has 176 valence electrons. The van der Waals surface area contributed by atoms with Crippen molar-refractivity contribution in [1.29, 1.82) is 0 Å². The molecule has 8 nitrogen and oxygen atoms in total. The number of hydrogen-bond donors (Lipinski definition) is 1. The maximum Gasteiger partial charge on any atom is 0.328 e. The Balaban J connectivity index is 1.68. The molecule has 1 amide bonds. The number of rotatable bonds is 6. The Kier molecular flexibility index (Phi) is 6.24. The average molecular weight is 499 g/mol. The van der Waals surface area contributed by atoms with E-state index in [2.05, 4.69) is 5.32 Å². The van der Waals surface area contributed by atoms with E-state index < -0.39 is 22.5 Å². The van der Waals surface area contributed by atoms with Crippen molar-refractivity contribution in [1.82, 2.24) is 9.13 Å². The van der Waals surface area contributed by atoms with E-state index >= 15 is 0 Å². The number of hydrogen-bond acceptors (Lipinski definition) is 4. The first kappa shape index (κ1) is 23.6. The highest BCUT2D eigenvalue weighted by atomic mass is 35.5. The molecule has 0 aliphatic rings. The molecule has 10 heteroatoms. The average Bonchev–Trinajstić information content (AvgIpc) is 3.02. The monoisotopic (exact) mass is 498 g/mol. The van der Waals surface area contributed by atoms with Crippen LogP contribution in [0.15, 0.2) is 76.4 Å². The highest BCUT2D eigenvalue weighted by molar-refractivity contribution is 7.92. The van der Waals surface area contributed by atoms with Gasteiger partial charge in [0.25, 0.3) is 10.0 Å². The number of fused-ring (bicyclic) bond motifs is 1. The van der Waals surface area contributed by atoms with Crippen LogP contribution in [0.25, 0.3) is 11.0 Å². The topological polar surface area (TPSA) is 93.4 Å². The summed E-state index contributed by atoms with van der Waals surface area (Å²) >= 11 is 6.31. The van der Waals surface area contributed by atoms with Crippen molar-refractivity contribution in [3.8, 4) is 0 Å². The molecular weight excluding hydrogens is 476 g/mol. The third-order valence-electron chi connectivity index (χ3n) is 5.57. The second-order valence-corrected chi connectivity index (χ2v) is 10.2. The molecule has 1 heterocycles. The van der Waals surface area contributed by atoms with Gasteiger partial charge in [0.2, 0.25) is 5.91 Å². The number of benzene rings is 3. The fourth-order valence-electron chi connectivity index (χ4n) is 3.71. The number of nitrogens with one attached hydrogen (secondary N) is 1. The van der Waals surface area contributed by atoms with Crippen LogP contribution >= 0.6 is 11.6 Å². The van der Waals surface area contributed by atoms with Crippen LogP contribution in [-0.4, -0.2) is 30.0 Å². The number of anilines is 2. The minimum absolute atomic E-state index is 0.0477. The summed E-state index contributed by atoms with van der Waals surface area (Å²) in [7, 11) is -0.776. The van der Waals surface area contributed by atoms with Gasteiger partial charge in [-0.15, -0.1) is 0 Å². The normalized spacial score (nSPS) is 11.5. The summed E-state index contributed by atoms with van der Waals surface area (Å²) in [6, 6.07) is 17.9. The number of nitrogens with zero attached hydrogens (tertiary/aromatic N) is 3. The summed E-state index contributed by atoms with van der Waals surface area (Å²) in [5.74, 6) is -0.559. The number of aryl methyl sites for hydroxylation is 3. The van der Waals surface area contributed by atoms with E-state index in [1.165, 1.54) is 21.3 Å².